The van der Waals surface area contributed by atoms with E-state index in [4.69, 9.17) is 4.98 Å². The number of para-hydroxylation sites is 1. The number of pyridine rings is 1. The van der Waals surface area contributed by atoms with Crippen LogP contribution in [0.15, 0.2) is 152 Å². The summed E-state index contributed by atoms with van der Waals surface area (Å²) in [5, 5.41) is 6.18. The first-order valence-electron chi connectivity index (χ1n) is 14.9. The number of rotatable bonds is 6. The fourth-order valence-corrected chi connectivity index (χ4v) is 7.16. The minimum atomic E-state index is -1.50. The number of benzene rings is 6. The third-order valence-electron chi connectivity index (χ3n) is 8.27. The molecular formula is C40H34N2Si. The summed E-state index contributed by atoms with van der Waals surface area (Å²) in [7, 11) is -1.50. The normalized spacial score (nSPS) is 11.6. The second kappa shape index (κ2) is 11.0. The summed E-state index contributed by atoms with van der Waals surface area (Å²) < 4.78 is 0. The van der Waals surface area contributed by atoms with Crippen LogP contribution in [0.25, 0.3) is 43.8 Å². The largest absolute Gasteiger partial charge is 0.294 e. The fourth-order valence-electron chi connectivity index (χ4n) is 6.12. The van der Waals surface area contributed by atoms with Gasteiger partial charge in [-0.3, -0.25) is 4.90 Å². The molecule has 0 atom stereocenters. The first-order chi connectivity index (χ1) is 21.0. The van der Waals surface area contributed by atoms with Crippen molar-refractivity contribution in [3.63, 3.8) is 0 Å². The molecule has 2 nitrogen and oxygen atoms in total. The fraction of sp³-hybridized carbons (Fsp3) is 0.0750. The van der Waals surface area contributed by atoms with E-state index in [0.29, 0.717) is 0 Å². The zero-order valence-corrected chi connectivity index (χ0v) is 25.8. The molecule has 7 aromatic rings. The second-order valence-electron chi connectivity index (χ2n) is 12.1. The van der Waals surface area contributed by atoms with Crippen LogP contribution in [0.1, 0.15) is 0 Å². The minimum Gasteiger partial charge on any atom is -0.294 e. The standard InChI is InChI=1S/C40H34N2Si/c1-43(2,3)31-26-27-38(41-28-31)42(30-18-8-5-9-19-30)40-36-24-14-12-22-34(36)39(35-23-13-15-25-37(35)40)33-21-11-10-20-32(33)29-16-6-4-7-17-29/h4-28H,1-3H3. The molecule has 1 heterocycles. The van der Waals surface area contributed by atoms with E-state index in [2.05, 4.69) is 176 Å². The SMILES string of the molecule is C[Si](C)(C)c1ccc(N(c2ccccc2)c2c3ccccc3c(-c3ccccc3-c3ccccc3)c3ccccc23)nc1. The highest BCUT2D eigenvalue weighted by Gasteiger charge is 2.24. The van der Waals surface area contributed by atoms with Crippen LogP contribution in [0.3, 0.4) is 0 Å². The highest BCUT2D eigenvalue weighted by molar-refractivity contribution is 6.88. The van der Waals surface area contributed by atoms with Gasteiger partial charge in [0.05, 0.1) is 13.8 Å². The van der Waals surface area contributed by atoms with Crippen molar-refractivity contribution in [3.05, 3.63) is 152 Å². The molecule has 0 radical (unpaired) electrons. The Morgan fingerprint density at radius 2 is 1.00 bits per heavy atom. The highest BCUT2D eigenvalue weighted by Crippen LogP contribution is 2.48. The Balaban J connectivity index is 1.57. The quantitative estimate of drug-likeness (QED) is 0.146. The van der Waals surface area contributed by atoms with Crippen molar-refractivity contribution in [1.82, 2.24) is 4.98 Å². The summed E-state index contributed by atoms with van der Waals surface area (Å²) in [6.07, 6.45) is 2.09. The second-order valence-corrected chi connectivity index (χ2v) is 17.1. The highest BCUT2D eigenvalue weighted by atomic mass is 28.3. The molecule has 7 rings (SSSR count). The Kier molecular flexibility index (Phi) is 6.88. The first kappa shape index (κ1) is 26.9. The van der Waals surface area contributed by atoms with E-state index >= 15 is 0 Å². The van der Waals surface area contributed by atoms with Gasteiger partial charge in [-0.05, 0) is 56.4 Å². The number of fused-ring (bicyclic) bond motifs is 2. The van der Waals surface area contributed by atoms with Crippen LogP contribution in [0, 0.1) is 0 Å². The maximum atomic E-state index is 5.11. The van der Waals surface area contributed by atoms with E-state index in [0.717, 1.165) is 17.2 Å². The van der Waals surface area contributed by atoms with Gasteiger partial charge in [-0.25, -0.2) is 4.98 Å². The molecule has 6 aromatic carbocycles. The smallest absolute Gasteiger partial charge is 0.137 e. The molecule has 43 heavy (non-hydrogen) atoms. The summed E-state index contributed by atoms with van der Waals surface area (Å²) in [5.41, 5.74) is 7.17. The molecule has 0 fully saturated rings. The summed E-state index contributed by atoms with van der Waals surface area (Å²) in [5.74, 6) is 0.918. The van der Waals surface area contributed by atoms with Crippen LogP contribution in [0.5, 0.6) is 0 Å². The van der Waals surface area contributed by atoms with Gasteiger partial charge in [-0.15, -0.1) is 0 Å². The minimum absolute atomic E-state index is 0.918. The number of nitrogens with zero attached hydrogens (tertiary/aromatic N) is 2. The first-order valence-corrected chi connectivity index (χ1v) is 18.4. The lowest BCUT2D eigenvalue weighted by Gasteiger charge is -2.29. The van der Waals surface area contributed by atoms with Crippen molar-refractivity contribution < 1.29 is 0 Å². The van der Waals surface area contributed by atoms with Gasteiger partial charge in [0.1, 0.15) is 5.82 Å². The van der Waals surface area contributed by atoms with Gasteiger partial charge >= 0.3 is 0 Å². The lowest BCUT2D eigenvalue weighted by atomic mass is 9.86. The number of hydrogen-bond acceptors (Lipinski definition) is 2. The number of hydrogen-bond donors (Lipinski definition) is 0. The van der Waals surface area contributed by atoms with E-state index in [-0.39, 0.29) is 0 Å². The third-order valence-corrected chi connectivity index (χ3v) is 10.3. The molecule has 0 amide bonds. The van der Waals surface area contributed by atoms with Gasteiger partial charge < -0.3 is 0 Å². The molecule has 0 aliphatic heterocycles. The van der Waals surface area contributed by atoms with E-state index in [9.17, 15) is 0 Å². The van der Waals surface area contributed by atoms with Crippen LogP contribution >= 0.6 is 0 Å². The van der Waals surface area contributed by atoms with Crippen molar-refractivity contribution in [1.29, 1.82) is 0 Å². The van der Waals surface area contributed by atoms with Crippen LogP contribution in [0.2, 0.25) is 19.6 Å². The van der Waals surface area contributed by atoms with Crippen LogP contribution < -0.4 is 10.1 Å². The molecule has 3 heteroatoms. The molecule has 1 aromatic heterocycles. The van der Waals surface area contributed by atoms with Crippen molar-refractivity contribution in [3.8, 4) is 22.3 Å². The summed E-state index contributed by atoms with van der Waals surface area (Å²) >= 11 is 0. The number of anilines is 3. The van der Waals surface area contributed by atoms with Gasteiger partial charge in [0.15, 0.2) is 0 Å². The van der Waals surface area contributed by atoms with Crippen molar-refractivity contribution >= 4 is 52.0 Å². The lowest BCUT2D eigenvalue weighted by molar-refractivity contribution is 1.20. The topological polar surface area (TPSA) is 16.1 Å². The summed E-state index contributed by atoms with van der Waals surface area (Å²) in [6, 6.07) is 52.3. The zero-order valence-electron chi connectivity index (χ0n) is 24.8. The molecule has 0 N–H and O–H groups in total. The van der Waals surface area contributed by atoms with E-state index in [1.807, 2.05) is 0 Å². The third kappa shape index (κ3) is 4.92. The Labute approximate surface area is 254 Å². The monoisotopic (exact) mass is 570 g/mol. The molecular weight excluding hydrogens is 537 g/mol. The maximum absolute atomic E-state index is 5.11. The Morgan fingerprint density at radius 3 is 1.56 bits per heavy atom. The van der Waals surface area contributed by atoms with E-state index in [1.165, 1.54) is 49.0 Å². The molecule has 0 unspecified atom stereocenters. The van der Waals surface area contributed by atoms with Gasteiger partial charge in [0, 0.05) is 22.7 Å². The predicted octanol–water partition coefficient (Wildman–Crippen LogP) is 10.7. The van der Waals surface area contributed by atoms with Gasteiger partial charge in [-0.2, -0.15) is 0 Å². The molecule has 0 aliphatic rings. The predicted molar refractivity (Wildman–Crippen MR) is 188 cm³/mol. The lowest BCUT2D eigenvalue weighted by Crippen LogP contribution is -2.37. The Bertz CT molecular complexity index is 1990. The van der Waals surface area contributed by atoms with Gasteiger partial charge in [0.2, 0.25) is 0 Å². The molecule has 0 bridgehead atoms. The van der Waals surface area contributed by atoms with Gasteiger partial charge in [0.25, 0.3) is 0 Å². The Morgan fingerprint density at radius 1 is 0.488 bits per heavy atom. The summed E-state index contributed by atoms with van der Waals surface area (Å²) in [6.45, 7) is 7.10. The van der Waals surface area contributed by atoms with Crippen molar-refractivity contribution in [2.75, 3.05) is 4.90 Å². The number of aromatic nitrogens is 1. The van der Waals surface area contributed by atoms with Crippen molar-refractivity contribution in [2.24, 2.45) is 0 Å². The molecule has 0 saturated heterocycles. The van der Waals surface area contributed by atoms with Crippen molar-refractivity contribution in [2.45, 2.75) is 19.6 Å². The average molecular weight is 571 g/mol. The average Bonchev–Trinajstić information content (AvgIpc) is 3.05. The van der Waals surface area contributed by atoms with E-state index in [1.54, 1.807) is 0 Å². The van der Waals surface area contributed by atoms with Crippen LogP contribution in [-0.2, 0) is 0 Å². The van der Waals surface area contributed by atoms with Gasteiger partial charge in [-0.1, -0.05) is 147 Å². The molecule has 0 spiro atoms. The molecule has 0 aliphatic carbocycles. The van der Waals surface area contributed by atoms with Crippen LogP contribution in [0.4, 0.5) is 17.2 Å². The maximum Gasteiger partial charge on any atom is 0.137 e. The molecule has 208 valence electrons. The van der Waals surface area contributed by atoms with E-state index < -0.39 is 8.07 Å². The zero-order chi connectivity index (χ0) is 29.4. The molecule has 0 saturated carbocycles. The Hall–Kier alpha value is -4.99. The summed E-state index contributed by atoms with van der Waals surface area (Å²) in [4.78, 5) is 7.45. The van der Waals surface area contributed by atoms with Crippen LogP contribution in [-0.4, -0.2) is 13.1 Å².